The molecule has 0 aliphatic carbocycles. The van der Waals surface area contributed by atoms with Crippen LogP contribution in [0.15, 0.2) is 60.7 Å². The number of benzene rings is 2. The molecule has 4 heteroatoms. The van der Waals surface area contributed by atoms with Gasteiger partial charge in [-0.15, -0.1) is 0 Å². The number of hydrogen-bond acceptors (Lipinski definition) is 1. The van der Waals surface area contributed by atoms with Gasteiger partial charge in [0, 0.05) is 0 Å². The molecule has 0 radical (unpaired) electrons. The van der Waals surface area contributed by atoms with Crippen molar-refractivity contribution < 1.29 is 13.2 Å². The van der Waals surface area contributed by atoms with E-state index < -0.39 is 12.2 Å². The monoisotopic (exact) mass is 293 g/mol. The quantitative estimate of drug-likeness (QED) is 0.773. The summed E-state index contributed by atoms with van der Waals surface area (Å²) in [5, 5.41) is 2.62. The lowest BCUT2D eigenvalue weighted by atomic mass is 10.1. The van der Waals surface area contributed by atoms with Gasteiger partial charge in [0.1, 0.15) is 6.04 Å². The number of aryl methyl sites for hydroxylation is 1. The number of hydrogen-bond donors (Lipinski definition) is 1. The molecule has 2 aromatic rings. The summed E-state index contributed by atoms with van der Waals surface area (Å²) in [6, 6.07) is 16.1. The van der Waals surface area contributed by atoms with Gasteiger partial charge in [0.25, 0.3) is 0 Å². The van der Waals surface area contributed by atoms with Crippen molar-refractivity contribution in [1.29, 1.82) is 0 Å². The highest BCUT2D eigenvalue weighted by molar-refractivity contribution is 5.20. The van der Waals surface area contributed by atoms with E-state index in [1.165, 1.54) is 12.1 Å². The van der Waals surface area contributed by atoms with Crippen LogP contribution in [0.4, 0.5) is 13.2 Å². The van der Waals surface area contributed by atoms with Crippen LogP contribution in [0, 0.1) is 0 Å². The van der Waals surface area contributed by atoms with Crippen LogP contribution < -0.4 is 5.32 Å². The molecule has 1 atom stereocenters. The van der Waals surface area contributed by atoms with E-state index in [9.17, 15) is 13.2 Å². The van der Waals surface area contributed by atoms with Crippen LogP contribution in [0.5, 0.6) is 0 Å². The Labute approximate surface area is 122 Å². The largest absolute Gasteiger partial charge is 0.407 e. The lowest BCUT2D eigenvalue weighted by molar-refractivity contribution is -0.157. The van der Waals surface area contributed by atoms with Crippen LogP contribution in [-0.2, 0) is 6.42 Å². The average molecular weight is 293 g/mol. The Morgan fingerprint density at radius 1 is 0.857 bits per heavy atom. The van der Waals surface area contributed by atoms with E-state index in [-0.39, 0.29) is 5.56 Å². The Hall–Kier alpha value is -1.81. The minimum Gasteiger partial charge on any atom is -0.302 e. The molecule has 1 unspecified atom stereocenters. The molecule has 0 saturated carbocycles. The zero-order valence-corrected chi connectivity index (χ0v) is 11.6. The summed E-state index contributed by atoms with van der Waals surface area (Å²) in [7, 11) is 0. The third kappa shape index (κ3) is 4.90. The maximum Gasteiger partial charge on any atom is 0.407 e. The topological polar surface area (TPSA) is 12.0 Å². The maximum absolute atomic E-state index is 13.1. The first-order chi connectivity index (χ1) is 10.1. The molecule has 0 fully saturated rings. The fourth-order valence-electron chi connectivity index (χ4n) is 2.25. The summed E-state index contributed by atoms with van der Waals surface area (Å²) in [4.78, 5) is 0. The van der Waals surface area contributed by atoms with E-state index >= 15 is 0 Å². The number of halogens is 3. The van der Waals surface area contributed by atoms with Gasteiger partial charge in [-0.05, 0) is 30.5 Å². The summed E-state index contributed by atoms with van der Waals surface area (Å²) in [6.07, 6.45) is -2.84. The summed E-state index contributed by atoms with van der Waals surface area (Å²) < 4.78 is 39.3. The molecular formula is C17H18F3N. The van der Waals surface area contributed by atoms with Crippen molar-refractivity contribution in [3.63, 3.8) is 0 Å². The Morgan fingerprint density at radius 3 is 2.00 bits per heavy atom. The zero-order chi connectivity index (χ0) is 15.1. The zero-order valence-electron chi connectivity index (χ0n) is 11.6. The second-order valence-corrected chi connectivity index (χ2v) is 4.93. The van der Waals surface area contributed by atoms with Gasteiger partial charge in [0.2, 0.25) is 0 Å². The van der Waals surface area contributed by atoms with E-state index in [1.807, 2.05) is 30.3 Å². The van der Waals surface area contributed by atoms with Crippen molar-refractivity contribution in [3.8, 4) is 0 Å². The summed E-state index contributed by atoms with van der Waals surface area (Å²) >= 11 is 0. The highest BCUT2D eigenvalue weighted by Gasteiger charge is 2.40. The first kappa shape index (κ1) is 15.6. The minimum absolute atomic E-state index is 0.254. The van der Waals surface area contributed by atoms with Crippen LogP contribution in [0.3, 0.4) is 0 Å². The molecule has 0 spiro atoms. The van der Waals surface area contributed by atoms with Gasteiger partial charge in [-0.25, -0.2) is 0 Å². The van der Waals surface area contributed by atoms with Crippen molar-refractivity contribution in [2.24, 2.45) is 0 Å². The van der Waals surface area contributed by atoms with E-state index in [0.717, 1.165) is 12.0 Å². The Morgan fingerprint density at radius 2 is 1.43 bits per heavy atom. The Bertz CT molecular complexity index is 523. The van der Waals surface area contributed by atoms with Crippen molar-refractivity contribution in [2.75, 3.05) is 6.54 Å². The molecule has 1 N–H and O–H groups in total. The molecule has 0 aliphatic heterocycles. The van der Waals surface area contributed by atoms with Gasteiger partial charge >= 0.3 is 6.18 Å². The molecule has 112 valence electrons. The van der Waals surface area contributed by atoms with Gasteiger partial charge in [-0.2, -0.15) is 13.2 Å². The second kappa shape index (κ2) is 7.27. The van der Waals surface area contributed by atoms with Gasteiger partial charge in [0.05, 0.1) is 0 Å². The molecule has 0 bridgehead atoms. The van der Waals surface area contributed by atoms with Gasteiger partial charge in [-0.3, -0.25) is 0 Å². The fraction of sp³-hybridized carbons (Fsp3) is 0.294. The summed E-state index contributed by atoms with van der Waals surface area (Å²) in [5.74, 6) is 0. The SMILES string of the molecule is FC(F)(F)C(NCCCc1ccccc1)c1ccccc1. The van der Waals surface area contributed by atoms with E-state index in [2.05, 4.69) is 5.32 Å². The predicted molar refractivity (Wildman–Crippen MR) is 78.0 cm³/mol. The fourth-order valence-corrected chi connectivity index (χ4v) is 2.25. The maximum atomic E-state index is 13.1. The van der Waals surface area contributed by atoms with Crippen molar-refractivity contribution in [2.45, 2.75) is 25.1 Å². The molecule has 2 rings (SSSR count). The molecule has 0 saturated heterocycles. The Kier molecular flexibility index (Phi) is 5.39. The molecular weight excluding hydrogens is 275 g/mol. The standard InChI is InChI=1S/C17H18F3N/c18-17(19,20)16(15-11-5-2-6-12-15)21-13-7-10-14-8-3-1-4-9-14/h1-6,8-9,11-12,16,21H,7,10,13H2. The van der Waals surface area contributed by atoms with Crippen molar-refractivity contribution in [1.82, 2.24) is 5.32 Å². The molecule has 21 heavy (non-hydrogen) atoms. The molecule has 2 aromatic carbocycles. The molecule has 0 amide bonds. The highest BCUT2D eigenvalue weighted by atomic mass is 19.4. The molecule has 0 heterocycles. The molecule has 1 nitrogen and oxygen atoms in total. The van der Waals surface area contributed by atoms with Gasteiger partial charge in [-0.1, -0.05) is 60.7 Å². The lowest BCUT2D eigenvalue weighted by Gasteiger charge is -2.22. The van der Waals surface area contributed by atoms with E-state index in [1.54, 1.807) is 18.2 Å². The first-order valence-electron chi connectivity index (χ1n) is 6.96. The van der Waals surface area contributed by atoms with Gasteiger partial charge in [0.15, 0.2) is 0 Å². The van der Waals surface area contributed by atoms with Crippen LogP contribution in [-0.4, -0.2) is 12.7 Å². The third-order valence-corrected chi connectivity index (χ3v) is 3.29. The number of nitrogens with one attached hydrogen (secondary N) is 1. The predicted octanol–water partition coefficient (Wildman–Crippen LogP) is 4.51. The third-order valence-electron chi connectivity index (χ3n) is 3.29. The normalized spacial score (nSPS) is 13.1. The number of alkyl halides is 3. The molecule has 0 aliphatic rings. The van der Waals surface area contributed by atoms with E-state index in [0.29, 0.717) is 13.0 Å². The first-order valence-corrected chi connectivity index (χ1v) is 6.96. The molecule has 0 aromatic heterocycles. The van der Waals surface area contributed by atoms with Crippen LogP contribution in [0.25, 0.3) is 0 Å². The van der Waals surface area contributed by atoms with Crippen molar-refractivity contribution in [3.05, 3.63) is 71.8 Å². The van der Waals surface area contributed by atoms with Crippen molar-refractivity contribution >= 4 is 0 Å². The highest BCUT2D eigenvalue weighted by Crippen LogP contribution is 2.32. The van der Waals surface area contributed by atoms with Crippen LogP contribution in [0.2, 0.25) is 0 Å². The summed E-state index contributed by atoms with van der Waals surface area (Å²) in [5.41, 5.74) is 1.40. The summed E-state index contributed by atoms with van der Waals surface area (Å²) in [6.45, 7) is 0.327. The van der Waals surface area contributed by atoms with Crippen LogP contribution >= 0.6 is 0 Å². The smallest absolute Gasteiger partial charge is 0.302 e. The Balaban J connectivity index is 1.89. The lowest BCUT2D eigenvalue weighted by Crippen LogP contribution is -2.34. The average Bonchev–Trinajstić information content (AvgIpc) is 2.48. The number of rotatable bonds is 6. The minimum atomic E-state index is -4.28. The van der Waals surface area contributed by atoms with E-state index in [4.69, 9.17) is 0 Å². The van der Waals surface area contributed by atoms with Gasteiger partial charge < -0.3 is 5.32 Å². The second-order valence-electron chi connectivity index (χ2n) is 4.93. The van der Waals surface area contributed by atoms with Crippen LogP contribution in [0.1, 0.15) is 23.6 Å².